The van der Waals surface area contributed by atoms with Crippen LogP contribution in [0.5, 0.6) is 0 Å². The van der Waals surface area contributed by atoms with E-state index < -0.39 is 0 Å². The van der Waals surface area contributed by atoms with Crippen LogP contribution in [-0.2, 0) is 4.79 Å². The molecule has 2 N–H and O–H groups in total. The Balaban J connectivity index is 3.87. The number of carbonyl (C=O) groups excluding carboxylic acids is 1. The van der Waals surface area contributed by atoms with Crippen molar-refractivity contribution in [2.75, 3.05) is 13.2 Å². The molecule has 0 rings (SSSR count). The topological polar surface area (TPSA) is 49.3 Å². The van der Waals surface area contributed by atoms with Crippen LogP contribution in [0.3, 0.4) is 0 Å². The van der Waals surface area contributed by atoms with Gasteiger partial charge in [0.25, 0.3) is 0 Å². The monoisotopic (exact) mass is 185 g/mol. The number of aliphatic hydroxyl groups excluding tert-OH is 1. The Bertz CT molecular complexity index is 197. The molecule has 0 spiro atoms. The number of aliphatic hydroxyl groups is 1. The van der Waals surface area contributed by atoms with Crippen LogP contribution in [0.4, 0.5) is 0 Å². The van der Waals surface area contributed by atoms with Gasteiger partial charge in [0.1, 0.15) is 0 Å². The Labute approximate surface area is 79.8 Å². The van der Waals surface area contributed by atoms with Crippen molar-refractivity contribution in [3.8, 4) is 0 Å². The first-order valence-corrected chi connectivity index (χ1v) is 4.43. The van der Waals surface area contributed by atoms with E-state index >= 15 is 0 Å². The van der Waals surface area contributed by atoms with Crippen LogP contribution in [0.25, 0.3) is 0 Å². The zero-order valence-corrected chi connectivity index (χ0v) is 8.68. The molecule has 0 heterocycles. The summed E-state index contributed by atoms with van der Waals surface area (Å²) in [4.78, 5) is 11.1. The maximum absolute atomic E-state index is 11.1. The number of carbonyl (C=O) groups is 1. The summed E-state index contributed by atoms with van der Waals surface area (Å²) < 4.78 is 0. The van der Waals surface area contributed by atoms with Gasteiger partial charge in [-0.2, -0.15) is 0 Å². The lowest BCUT2D eigenvalue weighted by molar-refractivity contribution is -0.117. The van der Waals surface area contributed by atoms with Crippen LogP contribution < -0.4 is 5.32 Å². The first-order valence-electron chi connectivity index (χ1n) is 4.43. The number of rotatable bonds is 5. The molecule has 0 aromatic heterocycles. The second kappa shape index (κ2) is 5.02. The van der Waals surface area contributed by atoms with Crippen LogP contribution in [-0.4, -0.2) is 24.2 Å². The quantitative estimate of drug-likeness (QED) is 0.630. The number of hydrogen-bond acceptors (Lipinski definition) is 2. The number of hydrogen-bond donors (Lipinski definition) is 2. The molecule has 0 aromatic carbocycles. The van der Waals surface area contributed by atoms with Gasteiger partial charge in [0.05, 0.1) is 0 Å². The number of nitrogens with one attached hydrogen (secondary N) is 1. The molecule has 13 heavy (non-hydrogen) atoms. The Hall–Kier alpha value is -0.830. The molecule has 0 aliphatic heterocycles. The van der Waals surface area contributed by atoms with E-state index in [1.165, 1.54) is 0 Å². The van der Waals surface area contributed by atoms with Gasteiger partial charge < -0.3 is 10.4 Å². The van der Waals surface area contributed by atoms with Crippen molar-refractivity contribution >= 4 is 5.91 Å². The van der Waals surface area contributed by atoms with Crippen molar-refractivity contribution in [3.05, 3.63) is 12.2 Å². The van der Waals surface area contributed by atoms with Gasteiger partial charge >= 0.3 is 0 Å². The smallest absolute Gasteiger partial charge is 0.246 e. The second-order valence-electron chi connectivity index (χ2n) is 4.10. The highest BCUT2D eigenvalue weighted by Crippen LogP contribution is 2.17. The summed E-state index contributed by atoms with van der Waals surface area (Å²) >= 11 is 0. The third-order valence-corrected chi connectivity index (χ3v) is 1.90. The largest absolute Gasteiger partial charge is 0.396 e. The van der Waals surface area contributed by atoms with Crippen LogP contribution in [0.2, 0.25) is 0 Å². The zero-order valence-electron chi connectivity index (χ0n) is 8.68. The SMILES string of the molecule is C=C(C)C(=O)NCC(C)(C)CCO. The summed E-state index contributed by atoms with van der Waals surface area (Å²) in [5, 5.41) is 11.5. The van der Waals surface area contributed by atoms with Crippen LogP contribution in [0.15, 0.2) is 12.2 Å². The van der Waals surface area contributed by atoms with Gasteiger partial charge in [-0.3, -0.25) is 4.79 Å². The minimum absolute atomic E-state index is 0.0557. The van der Waals surface area contributed by atoms with Gasteiger partial charge in [0.2, 0.25) is 5.91 Å². The van der Waals surface area contributed by atoms with Gasteiger partial charge in [-0.25, -0.2) is 0 Å². The van der Waals surface area contributed by atoms with Crippen molar-refractivity contribution in [2.24, 2.45) is 5.41 Å². The highest BCUT2D eigenvalue weighted by atomic mass is 16.3. The van der Waals surface area contributed by atoms with Gasteiger partial charge in [0.15, 0.2) is 0 Å². The van der Waals surface area contributed by atoms with Crippen molar-refractivity contribution in [2.45, 2.75) is 27.2 Å². The maximum Gasteiger partial charge on any atom is 0.246 e. The van der Waals surface area contributed by atoms with E-state index in [4.69, 9.17) is 5.11 Å². The fourth-order valence-corrected chi connectivity index (χ4v) is 0.861. The minimum Gasteiger partial charge on any atom is -0.396 e. The molecule has 0 aliphatic rings. The lowest BCUT2D eigenvalue weighted by Crippen LogP contribution is -2.34. The first kappa shape index (κ1) is 12.2. The molecule has 0 aromatic rings. The fraction of sp³-hybridized carbons (Fsp3) is 0.700. The Morgan fingerprint density at radius 1 is 1.54 bits per heavy atom. The van der Waals surface area contributed by atoms with E-state index in [1.807, 2.05) is 13.8 Å². The summed E-state index contributed by atoms with van der Waals surface area (Å²) in [7, 11) is 0. The molecule has 0 saturated heterocycles. The predicted octanol–water partition coefficient (Wildman–Crippen LogP) is 1.09. The normalized spacial score (nSPS) is 11.1. The van der Waals surface area contributed by atoms with Gasteiger partial charge in [-0.1, -0.05) is 20.4 Å². The van der Waals surface area contributed by atoms with Gasteiger partial charge in [-0.15, -0.1) is 0 Å². The summed E-state index contributed by atoms with van der Waals surface area (Å²) in [6, 6.07) is 0. The molecular weight excluding hydrogens is 166 g/mol. The van der Waals surface area contributed by atoms with Crippen molar-refractivity contribution in [3.63, 3.8) is 0 Å². The van der Waals surface area contributed by atoms with E-state index in [0.29, 0.717) is 18.5 Å². The van der Waals surface area contributed by atoms with E-state index in [9.17, 15) is 4.79 Å². The summed E-state index contributed by atoms with van der Waals surface area (Å²) in [6.07, 6.45) is 0.684. The Kier molecular flexibility index (Phi) is 4.70. The van der Waals surface area contributed by atoms with Crippen molar-refractivity contribution < 1.29 is 9.90 Å². The summed E-state index contributed by atoms with van der Waals surface area (Å²) in [6.45, 7) is 9.94. The lowest BCUT2D eigenvalue weighted by Gasteiger charge is -2.23. The molecule has 0 bridgehead atoms. The molecule has 3 nitrogen and oxygen atoms in total. The molecule has 1 amide bonds. The molecular formula is C10H19NO2. The van der Waals surface area contributed by atoms with Crippen LogP contribution in [0.1, 0.15) is 27.2 Å². The van der Waals surface area contributed by atoms with Gasteiger partial charge in [-0.05, 0) is 18.8 Å². The lowest BCUT2D eigenvalue weighted by atomic mass is 9.90. The molecule has 0 saturated carbocycles. The summed E-state index contributed by atoms with van der Waals surface area (Å²) in [5.41, 5.74) is 0.458. The average Bonchev–Trinajstić information content (AvgIpc) is 2.00. The number of amides is 1. The average molecular weight is 185 g/mol. The zero-order chi connectivity index (χ0) is 10.5. The first-order chi connectivity index (χ1) is 5.89. The van der Waals surface area contributed by atoms with E-state index in [0.717, 1.165) is 0 Å². The van der Waals surface area contributed by atoms with Crippen molar-refractivity contribution in [1.29, 1.82) is 0 Å². The van der Waals surface area contributed by atoms with Crippen LogP contribution in [0, 0.1) is 5.41 Å². The van der Waals surface area contributed by atoms with E-state index in [2.05, 4.69) is 11.9 Å². The summed E-state index contributed by atoms with van der Waals surface area (Å²) in [5.74, 6) is -0.119. The predicted molar refractivity (Wildman–Crippen MR) is 53.3 cm³/mol. The molecule has 76 valence electrons. The Morgan fingerprint density at radius 3 is 2.46 bits per heavy atom. The molecule has 0 radical (unpaired) electrons. The second-order valence-corrected chi connectivity index (χ2v) is 4.10. The third kappa shape index (κ3) is 5.42. The Morgan fingerprint density at radius 2 is 2.08 bits per heavy atom. The highest BCUT2D eigenvalue weighted by molar-refractivity contribution is 5.92. The molecule has 0 unspecified atom stereocenters. The molecule has 0 aliphatic carbocycles. The highest BCUT2D eigenvalue weighted by Gasteiger charge is 2.17. The molecule has 0 atom stereocenters. The molecule has 0 fully saturated rings. The third-order valence-electron chi connectivity index (χ3n) is 1.90. The van der Waals surface area contributed by atoms with E-state index in [1.54, 1.807) is 6.92 Å². The maximum atomic E-state index is 11.1. The van der Waals surface area contributed by atoms with Crippen molar-refractivity contribution in [1.82, 2.24) is 5.32 Å². The van der Waals surface area contributed by atoms with E-state index in [-0.39, 0.29) is 17.9 Å². The minimum atomic E-state index is -0.119. The fourth-order valence-electron chi connectivity index (χ4n) is 0.861. The molecule has 3 heteroatoms. The van der Waals surface area contributed by atoms with Gasteiger partial charge in [0, 0.05) is 18.7 Å². The van der Waals surface area contributed by atoms with Crippen LogP contribution >= 0.6 is 0 Å². The standard InChI is InChI=1S/C10H19NO2/c1-8(2)9(13)11-7-10(3,4)5-6-12/h12H,1,5-7H2,2-4H3,(H,11,13).